The number of nitrogens with zero attached hydrogens (tertiary/aromatic N) is 4. The van der Waals surface area contributed by atoms with Gasteiger partial charge < -0.3 is 20.4 Å². The van der Waals surface area contributed by atoms with Crippen molar-refractivity contribution in [3.05, 3.63) is 59.5 Å². The Balaban J connectivity index is 0.00000300. The van der Waals surface area contributed by atoms with E-state index in [9.17, 15) is 4.39 Å². The first kappa shape index (κ1) is 23.3. The minimum Gasteiger partial charge on any atom is -0.354 e. The van der Waals surface area contributed by atoms with Gasteiger partial charge in [-0.1, -0.05) is 31.2 Å². The number of hydrogen-bond donors (Lipinski definition) is 2. The molecule has 158 valence electrons. The predicted octanol–water partition coefficient (Wildman–Crippen LogP) is 2.85. The average molecular weight is 512 g/mol. The zero-order valence-corrected chi connectivity index (χ0v) is 19.4. The lowest BCUT2D eigenvalue weighted by molar-refractivity contribution is 0.270. The molecule has 0 aliphatic carbocycles. The molecular formula is C21H30FIN6. The first-order valence-electron chi connectivity index (χ1n) is 9.79. The second kappa shape index (κ2) is 11.9. The van der Waals surface area contributed by atoms with Gasteiger partial charge in [-0.05, 0) is 24.2 Å². The third-order valence-electron chi connectivity index (χ3n) is 5.04. The summed E-state index contributed by atoms with van der Waals surface area (Å²) in [6.07, 6.45) is 1.90. The van der Waals surface area contributed by atoms with E-state index in [1.54, 1.807) is 19.2 Å². The summed E-state index contributed by atoms with van der Waals surface area (Å²) in [5, 5.41) is 6.38. The number of halogens is 2. The highest BCUT2D eigenvalue weighted by Crippen LogP contribution is 2.14. The Morgan fingerprint density at radius 2 is 1.79 bits per heavy atom. The third kappa shape index (κ3) is 6.81. The summed E-state index contributed by atoms with van der Waals surface area (Å²) in [4.78, 5) is 13.6. The fourth-order valence-corrected chi connectivity index (χ4v) is 3.23. The molecule has 1 aliphatic heterocycles. The lowest BCUT2D eigenvalue weighted by Gasteiger charge is -2.34. The molecule has 2 N–H and O–H groups in total. The Bertz CT molecular complexity index is 775. The molecule has 2 aromatic rings. The third-order valence-corrected chi connectivity index (χ3v) is 5.04. The first-order valence-corrected chi connectivity index (χ1v) is 9.79. The van der Waals surface area contributed by atoms with Crippen molar-refractivity contribution in [2.75, 3.05) is 44.7 Å². The number of hydrogen-bond acceptors (Lipinski definition) is 4. The first-order chi connectivity index (χ1) is 13.7. The fourth-order valence-electron chi connectivity index (χ4n) is 3.23. The van der Waals surface area contributed by atoms with Crippen LogP contribution in [0.2, 0.25) is 0 Å². The van der Waals surface area contributed by atoms with Crippen LogP contribution in [0, 0.1) is 5.82 Å². The maximum absolute atomic E-state index is 13.7. The van der Waals surface area contributed by atoms with Gasteiger partial charge in [0.25, 0.3) is 0 Å². The van der Waals surface area contributed by atoms with E-state index in [0.29, 0.717) is 24.6 Å². The standard InChI is InChI=1S/C21H29FN6.HI/c1-3-27-10-12-28(13-11-27)20-9-8-17(14-24-20)15-25-21(23-2)26-16-18-6-4-5-7-19(18)22;/h4-9,14H,3,10-13,15-16H2,1-2H3,(H2,23,25,26);1H. The average Bonchev–Trinajstić information content (AvgIpc) is 2.75. The number of guanidine groups is 1. The van der Waals surface area contributed by atoms with Gasteiger partial charge >= 0.3 is 0 Å². The van der Waals surface area contributed by atoms with Crippen LogP contribution in [0.15, 0.2) is 47.6 Å². The number of aliphatic imine (C=N–C) groups is 1. The molecule has 8 heteroatoms. The Labute approximate surface area is 189 Å². The highest BCUT2D eigenvalue weighted by atomic mass is 127. The number of piperazine rings is 1. The lowest BCUT2D eigenvalue weighted by Crippen LogP contribution is -2.46. The van der Waals surface area contributed by atoms with Gasteiger partial charge in [0, 0.05) is 58.1 Å². The SMILES string of the molecule is CCN1CCN(c2ccc(CNC(=NC)NCc3ccccc3F)cn2)CC1.I. The van der Waals surface area contributed by atoms with E-state index in [0.717, 1.165) is 44.1 Å². The molecule has 1 aliphatic rings. The van der Waals surface area contributed by atoms with E-state index < -0.39 is 0 Å². The maximum atomic E-state index is 13.7. The van der Waals surface area contributed by atoms with Crippen molar-refractivity contribution >= 4 is 35.8 Å². The van der Waals surface area contributed by atoms with E-state index >= 15 is 0 Å². The molecule has 3 rings (SSSR count). The lowest BCUT2D eigenvalue weighted by atomic mass is 10.2. The molecule has 0 unspecified atom stereocenters. The number of pyridine rings is 1. The molecule has 1 saturated heterocycles. The normalized spacial score (nSPS) is 15.0. The van der Waals surface area contributed by atoms with Crippen molar-refractivity contribution in [2.24, 2.45) is 4.99 Å². The van der Waals surface area contributed by atoms with Crippen molar-refractivity contribution in [3.63, 3.8) is 0 Å². The predicted molar refractivity (Wildman–Crippen MR) is 127 cm³/mol. The number of benzene rings is 1. The Morgan fingerprint density at radius 1 is 1.07 bits per heavy atom. The van der Waals surface area contributed by atoms with Crippen LogP contribution >= 0.6 is 24.0 Å². The zero-order chi connectivity index (χ0) is 19.8. The summed E-state index contributed by atoms with van der Waals surface area (Å²) in [6, 6.07) is 10.9. The molecule has 6 nitrogen and oxygen atoms in total. The molecule has 0 amide bonds. The highest BCUT2D eigenvalue weighted by molar-refractivity contribution is 14.0. The number of nitrogens with one attached hydrogen (secondary N) is 2. The monoisotopic (exact) mass is 512 g/mol. The molecule has 2 heterocycles. The Hall–Kier alpha value is -1.94. The van der Waals surface area contributed by atoms with Crippen LogP contribution in [0.3, 0.4) is 0 Å². The second-order valence-electron chi connectivity index (χ2n) is 6.82. The van der Waals surface area contributed by atoms with Gasteiger partial charge in [-0.3, -0.25) is 4.99 Å². The smallest absolute Gasteiger partial charge is 0.191 e. The van der Waals surface area contributed by atoms with E-state index in [1.165, 1.54) is 6.07 Å². The van der Waals surface area contributed by atoms with Crippen LogP contribution in [-0.2, 0) is 13.1 Å². The molecule has 1 fully saturated rings. The topological polar surface area (TPSA) is 55.8 Å². The summed E-state index contributed by atoms with van der Waals surface area (Å²) < 4.78 is 13.7. The summed E-state index contributed by atoms with van der Waals surface area (Å²) in [7, 11) is 1.70. The van der Waals surface area contributed by atoms with E-state index in [1.807, 2.05) is 12.3 Å². The summed E-state index contributed by atoms with van der Waals surface area (Å²) in [6.45, 7) is 8.51. The van der Waals surface area contributed by atoms with Gasteiger partial charge in [0.15, 0.2) is 5.96 Å². The van der Waals surface area contributed by atoms with Crippen molar-refractivity contribution < 1.29 is 4.39 Å². The number of anilines is 1. The molecule has 1 aromatic carbocycles. The van der Waals surface area contributed by atoms with Crippen LogP contribution in [0.5, 0.6) is 0 Å². The summed E-state index contributed by atoms with van der Waals surface area (Å²) in [5.41, 5.74) is 1.68. The molecule has 29 heavy (non-hydrogen) atoms. The van der Waals surface area contributed by atoms with Gasteiger partial charge in [-0.25, -0.2) is 9.37 Å². The molecular weight excluding hydrogens is 482 g/mol. The number of rotatable bonds is 6. The second-order valence-corrected chi connectivity index (χ2v) is 6.82. The fraction of sp³-hybridized carbons (Fsp3) is 0.429. The van der Waals surface area contributed by atoms with Crippen molar-refractivity contribution in [1.29, 1.82) is 0 Å². The van der Waals surface area contributed by atoms with Crippen molar-refractivity contribution in [2.45, 2.75) is 20.0 Å². The number of likely N-dealkylation sites (N-methyl/N-ethyl adjacent to an activating group) is 1. The van der Waals surface area contributed by atoms with E-state index in [-0.39, 0.29) is 29.8 Å². The Morgan fingerprint density at radius 3 is 2.41 bits per heavy atom. The Kier molecular flexibility index (Phi) is 9.59. The zero-order valence-electron chi connectivity index (χ0n) is 17.1. The minimum absolute atomic E-state index is 0. The van der Waals surface area contributed by atoms with Gasteiger partial charge in [0.2, 0.25) is 0 Å². The highest BCUT2D eigenvalue weighted by Gasteiger charge is 2.16. The van der Waals surface area contributed by atoms with Crippen LogP contribution in [0.4, 0.5) is 10.2 Å². The van der Waals surface area contributed by atoms with Crippen LogP contribution < -0.4 is 15.5 Å². The van der Waals surface area contributed by atoms with Gasteiger partial charge in [-0.2, -0.15) is 0 Å². The molecule has 0 saturated carbocycles. The quantitative estimate of drug-likeness (QED) is 0.354. The minimum atomic E-state index is -0.218. The molecule has 0 bridgehead atoms. The van der Waals surface area contributed by atoms with Gasteiger partial charge in [0.1, 0.15) is 11.6 Å². The largest absolute Gasteiger partial charge is 0.354 e. The van der Waals surface area contributed by atoms with Crippen LogP contribution in [0.25, 0.3) is 0 Å². The maximum Gasteiger partial charge on any atom is 0.191 e. The van der Waals surface area contributed by atoms with E-state index in [2.05, 4.69) is 49.5 Å². The molecule has 0 radical (unpaired) electrons. The van der Waals surface area contributed by atoms with Crippen LogP contribution in [0.1, 0.15) is 18.1 Å². The van der Waals surface area contributed by atoms with Crippen molar-refractivity contribution in [3.8, 4) is 0 Å². The van der Waals surface area contributed by atoms with Gasteiger partial charge in [-0.15, -0.1) is 24.0 Å². The summed E-state index contributed by atoms with van der Waals surface area (Å²) >= 11 is 0. The van der Waals surface area contributed by atoms with E-state index in [4.69, 9.17) is 0 Å². The molecule has 0 spiro atoms. The van der Waals surface area contributed by atoms with Gasteiger partial charge in [0.05, 0.1) is 0 Å². The van der Waals surface area contributed by atoms with Crippen LogP contribution in [-0.4, -0.2) is 55.6 Å². The van der Waals surface area contributed by atoms with Crippen molar-refractivity contribution in [1.82, 2.24) is 20.5 Å². The number of aromatic nitrogens is 1. The molecule has 0 atom stereocenters. The molecule has 1 aromatic heterocycles. The summed E-state index contributed by atoms with van der Waals surface area (Å²) in [5.74, 6) is 1.44.